The number of aryl methyl sites for hydroxylation is 1. The van der Waals surface area contributed by atoms with E-state index in [-0.39, 0.29) is 17.9 Å². The van der Waals surface area contributed by atoms with Gasteiger partial charge in [0.2, 0.25) is 0 Å². The summed E-state index contributed by atoms with van der Waals surface area (Å²) in [6.45, 7) is 10.8. The van der Waals surface area contributed by atoms with Crippen LogP contribution in [0.1, 0.15) is 55.0 Å². The van der Waals surface area contributed by atoms with E-state index in [4.69, 9.17) is 28.8 Å². The topological polar surface area (TPSA) is 36.3 Å². The molecule has 1 N–H and O–H groups in total. The summed E-state index contributed by atoms with van der Waals surface area (Å²) in [4.78, 5) is 9.28. The molecule has 0 amide bonds. The van der Waals surface area contributed by atoms with Crippen LogP contribution in [0.4, 0.5) is 15.8 Å². The Bertz CT molecular complexity index is 1560. The highest BCUT2D eigenvalue weighted by molar-refractivity contribution is 7.80. The molecule has 5 nitrogen and oxygen atoms in total. The maximum atomic E-state index is 13.7. The van der Waals surface area contributed by atoms with Gasteiger partial charge >= 0.3 is 0 Å². The summed E-state index contributed by atoms with van der Waals surface area (Å²) in [5, 5.41) is 4.91. The summed E-state index contributed by atoms with van der Waals surface area (Å²) in [5.41, 5.74) is 7.07. The number of hydrogen-bond acceptors (Lipinski definition) is 3. The maximum Gasteiger partial charge on any atom is 0.174 e. The predicted molar refractivity (Wildman–Crippen MR) is 170 cm³/mol. The van der Waals surface area contributed by atoms with Gasteiger partial charge < -0.3 is 19.7 Å². The molecule has 2 aromatic carbocycles. The van der Waals surface area contributed by atoms with E-state index in [0.717, 1.165) is 57.8 Å². The molecule has 41 heavy (non-hydrogen) atoms. The van der Waals surface area contributed by atoms with Crippen LogP contribution in [0.25, 0.3) is 5.69 Å². The third-order valence-corrected chi connectivity index (χ3v) is 9.01. The van der Waals surface area contributed by atoms with Gasteiger partial charge in [0.25, 0.3) is 0 Å². The van der Waals surface area contributed by atoms with Gasteiger partial charge in [-0.15, -0.1) is 0 Å². The van der Waals surface area contributed by atoms with Crippen LogP contribution in [0.3, 0.4) is 0 Å². The number of nitrogens with one attached hydrogen (secondary N) is 1. The summed E-state index contributed by atoms with van der Waals surface area (Å²) in [5.74, 6) is 1.01. The second-order valence-corrected chi connectivity index (χ2v) is 12.4. The lowest BCUT2D eigenvalue weighted by molar-refractivity contribution is 0.357. The molecular formula is C33H35ClFN5S. The van der Waals surface area contributed by atoms with Gasteiger partial charge in [-0.3, -0.25) is 4.98 Å². The standard InChI is InChI=1S/C33H35ClFN5S/c1-20-15-21(2)19-38(18-20)30-13-12-26(17-28(30)34)40-32(31(37-33(40)41)29-7-5-6-14-36-29)27-16-22(3)39(23(27)4)25-10-8-24(35)9-11-25/h5-14,16-17,20-21,31-32H,15,18-19H2,1-4H3,(H,37,41)/t20-,21+,31-,32-/m1/s1. The normalized spacial score (nSPS) is 22.7. The summed E-state index contributed by atoms with van der Waals surface area (Å²) in [7, 11) is 0. The first-order valence-electron chi connectivity index (χ1n) is 14.2. The lowest BCUT2D eigenvalue weighted by Crippen LogP contribution is -2.38. The lowest BCUT2D eigenvalue weighted by Gasteiger charge is -2.37. The number of aromatic nitrogens is 2. The summed E-state index contributed by atoms with van der Waals surface area (Å²) in [6, 6.07) is 20.7. The first-order chi connectivity index (χ1) is 19.7. The zero-order valence-electron chi connectivity index (χ0n) is 23.8. The number of anilines is 2. The molecular weight excluding hydrogens is 553 g/mol. The fraction of sp³-hybridized carbons (Fsp3) is 0.333. The lowest BCUT2D eigenvalue weighted by atomic mass is 9.91. The molecule has 0 saturated carbocycles. The highest BCUT2D eigenvalue weighted by atomic mass is 35.5. The zero-order chi connectivity index (χ0) is 28.8. The largest absolute Gasteiger partial charge is 0.370 e. The van der Waals surface area contributed by atoms with Crippen molar-refractivity contribution in [1.29, 1.82) is 0 Å². The fourth-order valence-electron chi connectivity index (χ4n) is 6.79. The number of benzene rings is 2. The second-order valence-electron chi connectivity index (χ2n) is 11.6. The molecule has 0 aliphatic carbocycles. The number of nitrogens with zero attached hydrogens (tertiary/aromatic N) is 4. The number of thiocarbonyl (C=S) groups is 1. The second kappa shape index (κ2) is 11.1. The number of piperidine rings is 1. The van der Waals surface area contributed by atoms with Gasteiger partial charge in [0.15, 0.2) is 5.11 Å². The van der Waals surface area contributed by atoms with Crippen molar-refractivity contribution in [2.24, 2.45) is 11.8 Å². The van der Waals surface area contributed by atoms with Crippen molar-refractivity contribution < 1.29 is 4.39 Å². The van der Waals surface area contributed by atoms with E-state index in [9.17, 15) is 4.39 Å². The third kappa shape index (κ3) is 5.22. The van der Waals surface area contributed by atoms with Crippen LogP contribution < -0.4 is 15.1 Å². The zero-order valence-corrected chi connectivity index (χ0v) is 25.4. The van der Waals surface area contributed by atoms with Gasteiger partial charge in [-0.05, 0) is 111 Å². The molecule has 6 rings (SSSR count). The first kappa shape index (κ1) is 27.7. The minimum Gasteiger partial charge on any atom is -0.370 e. The van der Waals surface area contributed by atoms with Crippen molar-refractivity contribution in [1.82, 2.24) is 14.9 Å². The summed E-state index contributed by atoms with van der Waals surface area (Å²) in [6.07, 6.45) is 3.06. The van der Waals surface area contributed by atoms with Crippen molar-refractivity contribution in [2.45, 2.75) is 46.2 Å². The molecule has 0 radical (unpaired) electrons. The SMILES string of the molecule is Cc1cc([C@@H]2[C@@H](c3ccccn3)NC(=S)N2c2ccc(N3C[C@H](C)C[C@H](C)C3)c(Cl)c2)c(C)n1-c1ccc(F)cc1. The monoisotopic (exact) mass is 587 g/mol. The van der Waals surface area contributed by atoms with Crippen molar-refractivity contribution in [3.05, 3.63) is 106 Å². The highest BCUT2D eigenvalue weighted by Gasteiger charge is 2.42. The van der Waals surface area contributed by atoms with E-state index in [1.165, 1.54) is 18.6 Å². The minimum atomic E-state index is -0.253. The van der Waals surface area contributed by atoms with Gasteiger partial charge in [0, 0.05) is 42.0 Å². The molecule has 0 bridgehead atoms. The van der Waals surface area contributed by atoms with Crippen LogP contribution in [0, 0.1) is 31.5 Å². The molecule has 2 saturated heterocycles. The quantitative estimate of drug-likeness (QED) is 0.240. The number of rotatable bonds is 5. The van der Waals surface area contributed by atoms with Gasteiger partial charge in [0.1, 0.15) is 5.82 Å². The molecule has 212 valence electrons. The van der Waals surface area contributed by atoms with Gasteiger partial charge in [-0.1, -0.05) is 31.5 Å². The molecule has 4 heterocycles. The molecule has 8 heteroatoms. The van der Waals surface area contributed by atoms with Gasteiger partial charge in [-0.2, -0.15) is 0 Å². The Morgan fingerprint density at radius 1 is 0.951 bits per heavy atom. The molecule has 4 aromatic rings. The van der Waals surface area contributed by atoms with Crippen LogP contribution in [0.15, 0.2) is 72.9 Å². The van der Waals surface area contributed by atoms with Crippen LogP contribution in [-0.2, 0) is 0 Å². The van der Waals surface area contributed by atoms with Gasteiger partial charge in [0.05, 0.1) is 28.5 Å². The van der Waals surface area contributed by atoms with Crippen molar-refractivity contribution in [2.75, 3.05) is 22.9 Å². The van der Waals surface area contributed by atoms with E-state index >= 15 is 0 Å². The summed E-state index contributed by atoms with van der Waals surface area (Å²) >= 11 is 13.0. The van der Waals surface area contributed by atoms with E-state index in [1.807, 2.05) is 42.6 Å². The fourth-order valence-corrected chi connectivity index (χ4v) is 7.43. The van der Waals surface area contributed by atoms with Crippen LogP contribution in [0.2, 0.25) is 5.02 Å². The molecule has 0 unspecified atom stereocenters. The molecule has 2 aliphatic rings. The number of halogens is 2. The molecule has 2 fully saturated rings. The Morgan fingerprint density at radius 3 is 2.32 bits per heavy atom. The van der Waals surface area contributed by atoms with E-state index in [2.05, 4.69) is 65.6 Å². The predicted octanol–water partition coefficient (Wildman–Crippen LogP) is 7.94. The smallest absolute Gasteiger partial charge is 0.174 e. The Balaban J connectivity index is 1.44. The number of hydrogen-bond donors (Lipinski definition) is 1. The maximum absolute atomic E-state index is 13.7. The highest BCUT2D eigenvalue weighted by Crippen LogP contribution is 2.45. The van der Waals surface area contributed by atoms with E-state index < -0.39 is 0 Å². The third-order valence-electron chi connectivity index (χ3n) is 8.39. The molecule has 2 aliphatic heterocycles. The first-order valence-corrected chi connectivity index (χ1v) is 15.0. The van der Waals surface area contributed by atoms with Crippen LogP contribution in [0.5, 0.6) is 0 Å². The Labute approximate surface area is 252 Å². The minimum absolute atomic E-state index is 0.172. The molecule has 4 atom stereocenters. The Hall–Kier alpha value is -3.42. The summed E-state index contributed by atoms with van der Waals surface area (Å²) < 4.78 is 15.9. The Kier molecular flexibility index (Phi) is 7.51. The molecule has 2 aromatic heterocycles. The van der Waals surface area contributed by atoms with Crippen molar-refractivity contribution in [3.63, 3.8) is 0 Å². The van der Waals surface area contributed by atoms with Crippen molar-refractivity contribution in [3.8, 4) is 5.69 Å². The van der Waals surface area contributed by atoms with Crippen molar-refractivity contribution >= 4 is 40.3 Å². The average molecular weight is 588 g/mol. The van der Waals surface area contributed by atoms with E-state index in [1.54, 1.807) is 0 Å². The van der Waals surface area contributed by atoms with E-state index in [0.29, 0.717) is 16.9 Å². The van der Waals surface area contributed by atoms with Crippen LogP contribution in [-0.4, -0.2) is 27.8 Å². The average Bonchev–Trinajstić information content (AvgIpc) is 3.44. The molecule has 0 spiro atoms. The van der Waals surface area contributed by atoms with Gasteiger partial charge in [-0.25, -0.2) is 4.39 Å². The Morgan fingerprint density at radius 2 is 1.66 bits per heavy atom. The number of pyridine rings is 1. The van der Waals surface area contributed by atoms with Crippen LogP contribution >= 0.6 is 23.8 Å².